The first-order chi connectivity index (χ1) is 7.78. The number of nitrogens with one attached hydrogen (secondary N) is 1. The summed E-state index contributed by atoms with van der Waals surface area (Å²) in [6, 6.07) is 3.38. The van der Waals surface area contributed by atoms with E-state index in [1.807, 2.05) is 20.8 Å². The fourth-order valence-corrected chi connectivity index (χ4v) is 2.31. The Morgan fingerprint density at radius 1 is 1.29 bits per heavy atom. The van der Waals surface area contributed by atoms with Gasteiger partial charge in [0.15, 0.2) is 5.78 Å². The number of amides is 1. The van der Waals surface area contributed by atoms with Gasteiger partial charge in [-0.2, -0.15) is 0 Å². The van der Waals surface area contributed by atoms with Gasteiger partial charge >= 0.3 is 0 Å². The first-order valence-electron chi connectivity index (χ1n) is 5.37. The molecule has 0 spiro atoms. The molecule has 0 atom stereocenters. The van der Waals surface area contributed by atoms with E-state index in [2.05, 4.69) is 5.32 Å². The van der Waals surface area contributed by atoms with Gasteiger partial charge in [0.05, 0.1) is 9.21 Å². The Morgan fingerprint density at radius 2 is 1.94 bits per heavy atom. The number of halogens is 1. The fraction of sp³-hybridized carbons (Fsp3) is 0.500. The highest BCUT2D eigenvalue weighted by Gasteiger charge is 2.15. The zero-order chi connectivity index (χ0) is 13.1. The molecule has 17 heavy (non-hydrogen) atoms. The number of carbonyl (C=O) groups is 2. The van der Waals surface area contributed by atoms with Crippen molar-refractivity contribution in [3.63, 3.8) is 0 Å². The molecule has 0 bridgehead atoms. The number of ketones is 1. The summed E-state index contributed by atoms with van der Waals surface area (Å²) in [5.41, 5.74) is -0.258. The number of rotatable bonds is 4. The lowest BCUT2D eigenvalue weighted by atomic mass is 10.1. The highest BCUT2D eigenvalue weighted by atomic mass is 35.5. The Hall–Kier alpha value is -0.870. The second-order valence-corrected chi connectivity index (χ2v) is 6.54. The number of Topliss-reactive ketones (excluding diaryl/α,β-unsaturated/α-hetero) is 1. The van der Waals surface area contributed by atoms with Gasteiger partial charge in [0, 0.05) is 18.4 Å². The van der Waals surface area contributed by atoms with Crippen LogP contribution < -0.4 is 5.32 Å². The summed E-state index contributed by atoms with van der Waals surface area (Å²) in [6.07, 6.45) is 0.435. The van der Waals surface area contributed by atoms with Crippen molar-refractivity contribution >= 4 is 34.6 Å². The Labute approximate surface area is 110 Å². The van der Waals surface area contributed by atoms with Gasteiger partial charge in [-0.05, 0) is 32.9 Å². The van der Waals surface area contributed by atoms with Crippen molar-refractivity contribution in [2.45, 2.75) is 39.2 Å². The normalized spacial score (nSPS) is 11.3. The molecule has 0 fully saturated rings. The van der Waals surface area contributed by atoms with Crippen LogP contribution in [0.5, 0.6) is 0 Å². The van der Waals surface area contributed by atoms with Crippen LogP contribution in [0, 0.1) is 0 Å². The summed E-state index contributed by atoms with van der Waals surface area (Å²) < 4.78 is 0.590. The predicted molar refractivity (Wildman–Crippen MR) is 70.8 cm³/mol. The van der Waals surface area contributed by atoms with Gasteiger partial charge in [-0.15, -0.1) is 11.3 Å². The van der Waals surface area contributed by atoms with Crippen molar-refractivity contribution in [1.82, 2.24) is 5.32 Å². The van der Waals surface area contributed by atoms with Crippen molar-refractivity contribution < 1.29 is 9.59 Å². The summed E-state index contributed by atoms with van der Waals surface area (Å²) in [7, 11) is 0. The van der Waals surface area contributed by atoms with E-state index in [9.17, 15) is 9.59 Å². The van der Waals surface area contributed by atoms with E-state index in [4.69, 9.17) is 11.6 Å². The summed E-state index contributed by atoms with van der Waals surface area (Å²) in [4.78, 5) is 23.8. The number of thiophene rings is 1. The highest BCUT2D eigenvalue weighted by Crippen LogP contribution is 2.22. The van der Waals surface area contributed by atoms with Crippen molar-refractivity contribution in [2.75, 3.05) is 0 Å². The maximum Gasteiger partial charge on any atom is 0.220 e. The Balaban J connectivity index is 2.41. The highest BCUT2D eigenvalue weighted by molar-refractivity contribution is 7.18. The third-order valence-corrected chi connectivity index (χ3v) is 3.21. The van der Waals surface area contributed by atoms with Crippen LogP contribution in [0.1, 0.15) is 43.3 Å². The zero-order valence-electron chi connectivity index (χ0n) is 10.2. The molecule has 5 heteroatoms. The lowest BCUT2D eigenvalue weighted by molar-refractivity contribution is -0.122. The van der Waals surface area contributed by atoms with E-state index in [1.54, 1.807) is 12.1 Å². The number of hydrogen-bond acceptors (Lipinski definition) is 3. The Bertz CT molecular complexity index is 420. The molecule has 1 heterocycles. The van der Waals surface area contributed by atoms with Crippen LogP contribution in [-0.4, -0.2) is 17.2 Å². The van der Waals surface area contributed by atoms with E-state index in [-0.39, 0.29) is 30.1 Å². The minimum absolute atomic E-state index is 0.0361. The van der Waals surface area contributed by atoms with E-state index in [0.29, 0.717) is 9.21 Å². The summed E-state index contributed by atoms with van der Waals surface area (Å²) >= 11 is 6.99. The van der Waals surface area contributed by atoms with Crippen LogP contribution in [0.2, 0.25) is 4.34 Å². The van der Waals surface area contributed by atoms with Crippen molar-refractivity contribution in [3.8, 4) is 0 Å². The molecule has 0 aromatic carbocycles. The molecular weight excluding hydrogens is 258 g/mol. The van der Waals surface area contributed by atoms with Crippen molar-refractivity contribution in [3.05, 3.63) is 21.3 Å². The molecule has 0 radical (unpaired) electrons. The van der Waals surface area contributed by atoms with E-state index in [1.165, 1.54) is 11.3 Å². The third kappa shape index (κ3) is 5.33. The van der Waals surface area contributed by atoms with Gasteiger partial charge < -0.3 is 5.32 Å². The molecule has 94 valence electrons. The lowest BCUT2D eigenvalue weighted by Crippen LogP contribution is -2.40. The smallest absolute Gasteiger partial charge is 0.220 e. The van der Waals surface area contributed by atoms with E-state index < -0.39 is 0 Å². The van der Waals surface area contributed by atoms with Gasteiger partial charge in [-0.25, -0.2) is 0 Å². The van der Waals surface area contributed by atoms with Gasteiger partial charge in [-0.1, -0.05) is 11.6 Å². The lowest BCUT2D eigenvalue weighted by Gasteiger charge is -2.20. The minimum Gasteiger partial charge on any atom is -0.351 e. The maximum atomic E-state index is 11.7. The zero-order valence-corrected chi connectivity index (χ0v) is 11.7. The number of hydrogen-bond donors (Lipinski definition) is 1. The molecule has 0 unspecified atom stereocenters. The topological polar surface area (TPSA) is 46.2 Å². The quantitative estimate of drug-likeness (QED) is 0.856. The van der Waals surface area contributed by atoms with Crippen LogP contribution in [0.3, 0.4) is 0 Å². The fourth-order valence-electron chi connectivity index (χ4n) is 1.30. The molecule has 1 N–H and O–H groups in total. The molecule has 0 aliphatic heterocycles. The molecule has 3 nitrogen and oxygen atoms in total. The first kappa shape index (κ1) is 14.2. The summed E-state index contributed by atoms with van der Waals surface area (Å²) in [5.74, 6) is -0.139. The van der Waals surface area contributed by atoms with E-state index in [0.717, 1.165) is 0 Å². The predicted octanol–water partition coefficient (Wildman–Crippen LogP) is 3.28. The maximum absolute atomic E-state index is 11.7. The molecule has 1 amide bonds. The molecular formula is C12H16ClNO2S. The van der Waals surface area contributed by atoms with Crippen LogP contribution in [0.15, 0.2) is 12.1 Å². The van der Waals surface area contributed by atoms with E-state index >= 15 is 0 Å². The Kier molecular flexibility index (Phi) is 4.71. The van der Waals surface area contributed by atoms with Crippen LogP contribution in [0.4, 0.5) is 0 Å². The Morgan fingerprint density at radius 3 is 2.41 bits per heavy atom. The monoisotopic (exact) mass is 273 g/mol. The molecule has 1 aromatic rings. The molecule has 0 aliphatic carbocycles. The SMILES string of the molecule is CC(C)(C)NC(=O)CCC(=O)c1ccc(Cl)s1. The van der Waals surface area contributed by atoms with Gasteiger partial charge in [0.25, 0.3) is 0 Å². The molecule has 0 saturated heterocycles. The van der Waals surface area contributed by atoms with Crippen LogP contribution in [0.25, 0.3) is 0 Å². The van der Waals surface area contributed by atoms with Crippen LogP contribution in [-0.2, 0) is 4.79 Å². The summed E-state index contributed by atoms with van der Waals surface area (Å²) in [6.45, 7) is 5.73. The molecule has 0 aliphatic rings. The average molecular weight is 274 g/mol. The average Bonchev–Trinajstić information content (AvgIpc) is 2.58. The standard InChI is InChI=1S/C12H16ClNO2S/c1-12(2,3)14-11(16)7-4-8(15)9-5-6-10(13)17-9/h5-6H,4,7H2,1-3H3,(H,14,16). The molecule has 1 rings (SSSR count). The van der Waals surface area contributed by atoms with Gasteiger partial charge in [0.1, 0.15) is 0 Å². The van der Waals surface area contributed by atoms with Gasteiger partial charge in [-0.3, -0.25) is 9.59 Å². The van der Waals surface area contributed by atoms with Crippen LogP contribution >= 0.6 is 22.9 Å². The first-order valence-corrected chi connectivity index (χ1v) is 6.57. The molecule has 1 aromatic heterocycles. The second-order valence-electron chi connectivity index (χ2n) is 4.83. The van der Waals surface area contributed by atoms with Gasteiger partial charge in [0.2, 0.25) is 5.91 Å². The van der Waals surface area contributed by atoms with Crippen molar-refractivity contribution in [1.29, 1.82) is 0 Å². The summed E-state index contributed by atoms with van der Waals surface area (Å²) in [5, 5.41) is 2.82. The van der Waals surface area contributed by atoms with Crippen molar-refractivity contribution in [2.24, 2.45) is 0 Å². The number of carbonyl (C=O) groups excluding carboxylic acids is 2. The molecule has 0 saturated carbocycles. The minimum atomic E-state index is -0.258. The largest absolute Gasteiger partial charge is 0.351 e. The second kappa shape index (κ2) is 5.65. The third-order valence-electron chi connectivity index (χ3n) is 1.94.